The van der Waals surface area contributed by atoms with Gasteiger partial charge in [-0.3, -0.25) is 9.58 Å². The first-order chi connectivity index (χ1) is 17.2. The van der Waals surface area contributed by atoms with E-state index in [1.165, 1.54) is 6.42 Å². The van der Waals surface area contributed by atoms with Gasteiger partial charge >= 0.3 is 6.03 Å². The summed E-state index contributed by atoms with van der Waals surface area (Å²) in [6, 6.07) is 5.00. The van der Waals surface area contributed by atoms with Crippen LogP contribution in [-0.2, 0) is 5.54 Å². The summed E-state index contributed by atoms with van der Waals surface area (Å²) in [5, 5.41) is 15.2. The lowest BCUT2D eigenvalue weighted by Crippen LogP contribution is -2.61. The highest BCUT2D eigenvalue weighted by atomic mass is 16.2. The molecule has 2 amide bonds. The number of piperidine rings is 1. The van der Waals surface area contributed by atoms with Crippen LogP contribution in [0, 0.1) is 11.3 Å². The van der Waals surface area contributed by atoms with Gasteiger partial charge in [0, 0.05) is 68.7 Å². The number of likely N-dealkylation sites (tertiary alicyclic amines) is 1. The molecule has 0 unspecified atom stereocenters. The Hall–Kier alpha value is -3.45. The van der Waals surface area contributed by atoms with Gasteiger partial charge < -0.3 is 14.8 Å². The van der Waals surface area contributed by atoms with Gasteiger partial charge in [0.05, 0.1) is 29.9 Å². The molecule has 182 valence electrons. The van der Waals surface area contributed by atoms with Crippen molar-refractivity contribution in [2.45, 2.75) is 50.1 Å². The van der Waals surface area contributed by atoms with E-state index in [9.17, 15) is 10.1 Å². The standard InChI is InChI=1S/C25H31N9O/c26-6-5-25(34-17-19(16-30-34)22-21-4-7-27-23(21)29-18-28-22)14-20(15-25)31-10-12-33(13-11-31)24(35)32-8-2-1-3-9-32/h4,7,16-18,20H,1-3,5,8-15H2,(H,27,28,29). The molecule has 6 rings (SSSR count). The molecule has 0 atom stereocenters. The van der Waals surface area contributed by atoms with E-state index in [1.54, 1.807) is 6.33 Å². The molecule has 0 spiro atoms. The number of hydrogen-bond donors (Lipinski definition) is 1. The van der Waals surface area contributed by atoms with Gasteiger partial charge in [-0.15, -0.1) is 0 Å². The fraction of sp³-hybridized carbons (Fsp3) is 0.560. The van der Waals surface area contributed by atoms with Crippen LogP contribution in [0.15, 0.2) is 31.0 Å². The molecule has 1 aliphatic carbocycles. The molecule has 2 saturated heterocycles. The van der Waals surface area contributed by atoms with Crippen molar-refractivity contribution in [1.29, 1.82) is 5.26 Å². The summed E-state index contributed by atoms with van der Waals surface area (Å²) >= 11 is 0. The second-order valence-electron chi connectivity index (χ2n) is 10.1. The van der Waals surface area contributed by atoms with Gasteiger partial charge in [0.1, 0.15) is 12.0 Å². The van der Waals surface area contributed by atoms with Gasteiger partial charge in [-0.1, -0.05) is 0 Å². The third-order valence-corrected chi connectivity index (χ3v) is 8.06. The van der Waals surface area contributed by atoms with Crippen LogP contribution in [-0.4, -0.2) is 90.8 Å². The molecular formula is C25H31N9O. The lowest BCUT2D eigenvalue weighted by Gasteiger charge is -2.52. The molecule has 3 aromatic heterocycles. The van der Waals surface area contributed by atoms with Crippen LogP contribution < -0.4 is 0 Å². The number of rotatable bonds is 4. The number of urea groups is 1. The molecule has 3 fully saturated rings. The van der Waals surface area contributed by atoms with E-state index in [0.29, 0.717) is 12.5 Å². The number of aromatic nitrogens is 5. The third-order valence-electron chi connectivity index (χ3n) is 8.06. The summed E-state index contributed by atoms with van der Waals surface area (Å²) in [5.74, 6) is 0. The topological polar surface area (TPSA) is 110 Å². The number of nitrogens with one attached hydrogen (secondary N) is 1. The second kappa shape index (κ2) is 8.96. The average Bonchev–Trinajstić information content (AvgIpc) is 3.56. The molecule has 0 radical (unpaired) electrons. The maximum atomic E-state index is 12.8. The molecular weight excluding hydrogens is 442 g/mol. The average molecular weight is 474 g/mol. The zero-order valence-corrected chi connectivity index (χ0v) is 19.9. The van der Waals surface area contributed by atoms with Crippen LogP contribution in [0.2, 0.25) is 0 Å². The molecule has 10 heteroatoms. The Kier molecular flexibility index (Phi) is 5.65. The first-order valence-electron chi connectivity index (χ1n) is 12.7. The predicted molar refractivity (Wildman–Crippen MR) is 130 cm³/mol. The van der Waals surface area contributed by atoms with E-state index in [0.717, 1.165) is 87.2 Å². The number of fused-ring (bicyclic) bond motifs is 1. The molecule has 0 aromatic carbocycles. The van der Waals surface area contributed by atoms with E-state index in [-0.39, 0.29) is 11.6 Å². The minimum atomic E-state index is -0.289. The lowest BCUT2D eigenvalue weighted by atomic mass is 9.70. The summed E-state index contributed by atoms with van der Waals surface area (Å²) in [4.78, 5) is 31.3. The van der Waals surface area contributed by atoms with Crippen molar-refractivity contribution >= 4 is 17.1 Å². The van der Waals surface area contributed by atoms with Crippen LogP contribution in [0.4, 0.5) is 4.79 Å². The Morgan fingerprint density at radius 1 is 1.09 bits per heavy atom. The van der Waals surface area contributed by atoms with Crippen LogP contribution >= 0.6 is 0 Å². The SMILES string of the molecule is N#CCC1(n2cc(-c3ncnc4[nH]ccc34)cn2)CC(N2CCN(C(=O)N3CCCCC3)CC2)C1. The number of nitriles is 1. The van der Waals surface area contributed by atoms with E-state index in [1.807, 2.05) is 39.1 Å². The largest absolute Gasteiger partial charge is 0.346 e. The smallest absolute Gasteiger partial charge is 0.320 e. The van der Waals surface area contributed by atoms with E-state index < -0.39 is 0 Å². The molecule has 10 nitrogen and oxygen atoms in total. The van der Waals surface area contributed by atoms with Crippen molar-refractivity contribution in [3.05, 3.63) is 31.0 Å². The highest BCUT2D eigenvalue weighted by Crippen LogP contribution is 2.45. The molecule has 35 heavy (non-hydrogen) atoms. The van der Waals surface area contributed by atoms with Crippen LogP contribution in [0.1, 0.15) is 38.5 Å². The van der Waals surface area contributed by atoms with Crippen LogP contribution in [0.5, 0.6) is 0 Å². The molecule has 3 aromatic rings. The van der Waals surface area contributed by atoms with Gasteiger partial charge in [0.2, 0.25) is 0 Å². The Morgan fingerprint density at radius 2 is 1.86 bits per heavy atom. The van der Waals surface area contributed by atoms with Crippen molar-refractivity contribution in [2.24, 2.45) is 0 Å². The van der Waals surface area contributed by atoms with Gasteiger partial charge in [-0.25, -0.2) is 14.8 Å². The molecule has 2 aliphatic heterocycles. The van der Waals surface area contributed by atoms with Gasteiger partial charge in [0.25, 0.3) is 0 Å². The number of carbonyl (C=O) groups is 1. The summed E-state index contributed by atoms with van der Waals surface area (Å²) in [6.45, 7) is 5.14. The zero-order valence-electron chi connectivity index (χ0n) is 19.9. The number of nitrogens with zero attached hydrogens (tertiary/aromatic N) is 8. The normalized spacial score (nSPS) is 25.4. The minimum Gasteiger partial charge on any atom is -0.346 e. The Labute approximate surface area is 204 Å². The van der Waals surface area contributed by atoms with E-state index in [2.05, 4.69) is 31.0 Å². The molecule has 5 heterocycles. The number of hydrogen-bond acceptors (Lipinski definition) is 6. The number of piperazine rings is 1. The number of carbonyl (C=O) groups excluding carboxylic acids is 1. The number of H-pyrrole nitrogens is 1. The predicted octanol–water partition coefficient (Wildman–Crippen LogP) is 2.82. The first kappa shape index (κ1) is 22.0. The van der Waals surface area contributed by atoms with Gasteiger partial charge in [-0.05, 0) is 38.2 Å². The van der Waals surface area contributed by atoms with Crippen molar-refractivity contribution < 1.29 is 4.79 Å². The lowest BCUT2D eigenvalue weighted by molar-refractivity contribution is -0.0150. The van der Waals surface area contributed by atoms with Crippen LogP contribution in [0.3, 0.4) is 0 Å². The van der Waals surface area contributed by atoms with E-state index >= 15 is 0 Å². The van der Waals surface area contributed by atoms with Crippen molar-refractivity contribution in [2.75, 3.05) is 39.3 Å². The van der Waals surface area contributed by atoms with Gasteiger partial charge in [-0.2, -0.15) is 10.4 Å². The monoisotopic (exact) mass is 473 g/mol. The highest BCUT2D eigenvalue weighted by molar-refractivity contribution is 5.90. The van der Waals surface area contributed by atoms with E-state index in [4.69, 9.17) is 0 Å². The van der Waals surface area contributed by atoms with Crippen molar-refractivity contribution in [3.63, 3.8) is 0 Å². The molecule has 0 bridgehead atoms. The molecule has 3 aliphatic rings. The summed E-state index contributed by atoms with van der Waals surface area (Å²) in [5.41, 5.74) is 2.29. The summed E-state index contributed by atoms with van der Waals surface area (Å²) in [6.07, 6.45) is 13.0. The Morgan fingerprint density at radius 3 is 2.63 bits per heavy atom. The zero-order chi connectivity index (χ0) is 23.8. The van der Waals surface area contributed by atoms with Gasteiger partial charge in [0.15, 0.2) is 0 Å². The second-order valence-corrected chi connectivity index (χ2v) is 10.1. The maximum Gasteiger partial charge on any atom is 0.320 e. The fourth-order valence-electron chi connectivity index (χ4n) is 6.01. The highest BCUT2D eigenvalue weighted by Gasteiger charge is 2.49. The Balaban J connectivity index is 1.11. The van der Waals surface area contributed by atoms with Crippen molar-refractivity contribution in [1.82, 2.24) is 39.4 Å². The van der Waals surface area contributed by atoms with Crippen LogP contribution in [0.25, 0.3) is 22.3 Å². The number of aromatic amines is 1. The quantitative estimate of drug-likeness (QED) is 0.624. The Bertz CT molecular complexity index is 1240. The minimum absolute atomic E-state index is 0.210. The number of amides is 2. The molecule has 1 saturated carbocycles. The maximum absolute atomic E-state index is 12.8. The summed E-state index contributed by atoms with van der Waals surface area (Å²) < 4.78 is 1.98. The third kappa shape index (κ3) is 3.93. The van der Waals surface area contributed by atoms with Crippen molar-refractivity contribution in [3.8, 4) is 17.3 Å². The first-order valence-corrected chi connectivity index (χ1v) is 12.7. The fourth-order valence-corrected chi connectivity index (χ4v) is 6.01. The molecule has 1 N–H and O–H groups in total. The summed E-state index contributed by atoms with van der Waals surface area (Å²) in [7, 11) is 0.